The van der Waals surface area contributed by atoms with Gasteiger partial charge in [0.2, 0.25) is 0 Å². The van der Waals surface area contributed by atoms with Gasteiger partial charge in [0.25, 0.3) is 11.8 Å². The molecule has 1 saturated heterocycles. The van der Waals surface area contributed by atoms with E-state index >= 15 is 0 Å². The van der Waals surface area contributed by atoms with Crippen LogP contribution in [0.3, 0.4) is 0 Å². The highest BCUT2D eigenvalue weighted by Crippen LogP contribution is 2.36. The maximum atomic E-state index is 13.5. The molecule has 0 aliphatic carbocycles. The molecule has 2 amide bonds. The van der Waals surface area contributed by atoms with Crippen LogP contribution in [-0.4, -0.2) is 41.4 Å². The molecule has 5 rings (SSSR count). The van der Waals surface area contributed by atoms with E-state index < -0.39 is 17.5 Å². The Morgan fingerprint density at radius 2 is 1.66 bits per heavy atom. The number of carbonyl (C=O) groups excluding carboxylic acids is 3. The van der Waals surface area contributed by atoms with E-state index in [9.17, 15) is 14.4 Å². The van der Waals surface area contributed by atoms with E-state index in [0.29, 0.717) is 34.5 Å². The molecule has 212 valence electrons. The third-order valence-corrected chi connectivity index (χ3v) is 8.82. The summed E-state index contributed by atoms with van der Waals surface area (Å²) >= 11 is 7.81. The minimum Gasteiger partial charge on any atom is -0.456 e. The number of carbonyl (C=O) groups is 3. The number of anilines is 1. The molecule has 0 radical (unpaired) electrons. The Kier molecular flexibility index (Phi) is 8.47. The lowest BCUT2D eigenvalue weighted by Crippen LogP contribution is -2.39. The number of hydrogen-bond acceptors (Lipinski definition) is 5. The highest BCUT2D eigenvalue weighted by Gasteiger charge is 2.27. The summed E-state index contributed by atoms with van der Waals surface area (Å²) in [4.78, 5) is 42.2. The van der Waals surface area contributed by atoms with Crippen molar-refractivity contribution >= 4 is 56.5 Å². The minimum absolute atomic E-state index is 0.121. The summed E-state index contributed by atoms with van der Waals surface area (Å²) in [7, 11) is 0. The lowest BCUT2D eigenvalue weighted by molar-refractivity contribution is 0.00707. The van der Waals surface area contributed by atoms with Crippen LogP contribution in [0, 0.1) is 5.92 Å². The number of esters is 1. The van der Waals surface area contributed by atoms with E-state index in [4.69, 9.17) is 16.3 Å². The molecule has 0 bridgehead atoms. The van der Waals surface area contributed by atoms with Gasteiger partial charge >= 0.3 is 5.97 Å². The van der Waals surface area contributed by atoms with Gasteiger partial charge in [0.15, 0.2) is 0 Å². The SMILES string of the molecule is CC(C)(C)OC(=O)c1cc(C(=O)N2CCC(Cc3ccccc3)CC2)ccc1NC(=O)c1sc2ccccc2c1Cl. The first-order valence-corrected chi connectivity index (χ1v) is 15.0. The third kappa shape index (κ3) is 6.80. The molecule has 0 spiro atoms. The molecule has 1 N–H and O–H groups in total. The number of ether oxygens (including phenoxy) is 1. The van der Waals surface area contributed by atoms with Crippen LogP contribution >= 0.6 is 22.9 Å². The number of benzene rings is 3. The summed E-state index contributed by atoms with van der Waals surface area (Å²) in [5.74, 6) is -0.664. The summed E-state index contributed by atoms with van der Waals surface area (Å²) in [6.07, 6.45) is 2.84. The Labute approximate surface area is 249 Å². The average Bonchev–Trinajstić information content (AvgIpc) is 3.29. The number of rotatable bonds is 6. The van der Waals surface area contributed by atoms with Crippen molar-refractivity contribution in [2.75, 3.05) is 18.4 Å². The molecule has 0 atom stereocenters. The van der Waals surface area contributed by atoms with Crippen molar-refractivity contribution in [3.63, 3.8) is 0 Å². The van der Waals surface area contributed by atoms with Crippen LogP contribution in [0.1, 0.15) is 69.6 Å². The van der Waals surface area contributed by atoms with Crippen LogP contribution in [0.5, 0.6) is 0 Å². The molecule has 1 aliphatic rings. The first kappa shape index (κ1) is 28.8. The molecule has 1 fully saturated rings. The second-order valence-corrected chi connectivity index (χ2v) is 12.8. The van der Waals surface area contributed by atoms with E-state index in [1.54, 1.807) is 32.9 Å². The maximum Gasteiger partial charge on any atom is 0.340 e. The number of hydrogen-bond donors (Lipinski definition) is 1. The van der Waals surface area contributed by atoms with Crippen molar-refractivity contribution in [3.05, 3.63) is 99.4 Å². The van der Waals surface area contributed by atoms with E-state index in [0.717, 1.165) is 29.3 Å². The predicted molar refractivity (Wildman–Crippen MR) is 165 cm³/mol. The Balaban J connectivity index is 1.35. The molecular formula is C33H33ClN2O4S. The van der Waals surface area contributed by atoms with Crippen molar-refractivity contribution in [1.29, 1.82) is 0 Å². The van der Waals surface area contributed by atoms with Crippen LogP contribution in [0.2, 0.25) is 5.02 Å². The lowest BCUT2D eigenvalue weighted by atomic mass is 9.90. The molecule has 41 heavy (non-hydrogen) atoms. The van der Waals surface area contributed by atoms with Gasteiger partial charge in [-0.25, -0.2) is 4.79 Å². The number of halogens is 1. The second kappa shape index (κ2) is 12.0. The van der Waals surface area contributed by atoms with Crippen molar-refractivity contribution in [2.45, 2.75) is 45.6 Å². The molecule has 4 aromatic rings. The molecular weight excluding hydrogens is 556 g/mol. The van der Waals surface area contributed by atoms with Crippen LogP contribution in [0.4, 0.5) is 5.69 Å². The normalized spacial score (nSPS) is 14.2. The topological polar surface area (TPSA) is 75.7 Å². The van der Waals surface area contributed by atoms with Crippen molar-refractivity contribution in [2.24, 2.45) is 5.92 Å². The predicted octanol–water partition coefficient (Wildman–Crippen LogP) is 7.86. The molecule has 0 unspecified atom stereocenters. The Morgan fingerprint density at radius 3 is 2.34 bits per heavy atom. The summed E-state index contributed by atoms with van der Waals surface area (Å²) in [5.41, 5.74) is 1.32. The fraction of sp³-hybridized carbons (Fsp3) is 0.303. The van der Waals surface area contributed by atoms with Gasteiger partial charge in [-0.15, -0.1) is 11.3 Å². The van der Waals surface area contributed by atoms with E-state index in [-0.39, 0.29) is 17.2 Å². The molecule has 2 heterocycles. The zero-order valence-electron chi connectivity index (χ0n) is 23.4. The van der Waals surface area contributed by atoms with Crippen LogP contribution in [-0.2, 0) is 11.2 Å². The number of fused-ring (bicyclic) bond motifs is 1. The number of thiophene rings is 1. The fourth-order valence-electron chi connectivity index (χ4n) is 5.10. The Hall–Kier alpha value is -3.68. The molecule has 1 aliphatic heterocycles. The highest BCUT2D eigenvalue weighted by molar-refractivity contribution is 7.21. The van der Waals surface area contributed by atoms with Gasteiger partial charge in [-0.3, -0.25) is 9.59 Å². The summed E-state index contributed by atoms with van der Waals surface area (Å²) < 4.78 is 6.53. The summed E-state index contributed by atoms with van der Waals surface area (Å²) in [5, 5.41) is 3.99. The smallest absolute Gasteiger partial charge is 0.340 e. The maximum absolute atomic E-state index is 13.5. The average molecular weight is 589 g/mol. The first-order chi connectivity index (χ1) is 19.6. The standard InChI is InChI=1S/C33H33ClN2O4S/c1-33(2,3)40-32(39)25-20-23(31(38)36-17-15-22(16-18-36)19-21-9-5-4-6-10-21)13-14-26(25)35-30(37)29-28(34)24-11-7-8-12-27(24)41-29/h4-14,20,22H,15-19H2,1-3H3,(H,35,37). The second-order valence-electron chi connectivity index (χ2n) is 11.4. The van der Waals surface area contributed by atoms with Crippen molar-refractivity contribution < 1.29 is 19.1 Å². The van der Waals surface area contributed by atoms with Gasteiger partial charge in [0.1, 0.15) is 10.5 Å². The summed E-state index contributed by atoms with van der Waals surface area (Å²) in [6.45, 7) is 6.63. The van der Waals surface area contributed by atoms with Crippen LogP contribution < -0.4 is 5.32 Å². The number of nitrogens with zero attached hydrogens (tertiary/aromatic N) is 1. The molecule has 1 aromatic heterocycles. The lowest BCUT2D eigenvalue weighted by Gasteiger charge is -2.32. The minimum atomic E-state index is -0.756. The van der Waals surface area contributed by atoms with Gasteiger partial charge < -0.3 is 15.0 Å². The molecule has 0 saturated carbocycles. The number of likely N-dealkylation sites (tertiary alicyclic amines) is 1. The Bertz CT molecular complexity index is 1580. The van der Waals surface area contributed by atoms with Crippen LogP contribution in [0.25, 0.3) is 10.1 Å². The first-order valence-electron chi connectivity index (χ1n) is 13.8. The quantitative estimate of drug-likeness (QED) is 0.233. The number of piperidine rings is 1. The molecule has 6 nitrogen and oxygen atoms in total. The number of nitrogens with one attached hydrogen (secondary N) is 1. The van der Waals surface area contributed by atoms with Crippen molar-refractivity contribution in [3.8, 4) is 0 Å². The van der Waals surface area contributed by atoms with Crippen molar-refractivity contribution in [1.82, 2.24) is 4.90 Å². The fourth-order valence-corrected chi connectivity index (χ4v) is 6.51. The number of amides is 2. The molecule has 3 aromatic carbocycles. The monoisotopic (exact) mass is 588 g/mol. The van der Waals surface area contributed by atoms with Gasteiger partial charge in [-0.1, -0.05) is 60.1 Å². The van der Waals surface area contributed by atoms with E-state index in [2.05, 4.69) is 29.6 Å². The summed E-state index contributed by atoms with van der Waals surface area (Å²) in [6, 6.07) is 22.7. The van der Waals surface area contributed by atoms with Gasteiger partial charge in [-0.05, 0) is 75.8 Å². The van der Waals surface area contributed by atoms with E-state index in [1.807, 2.05) is 35.2 Å². The van der Waals surface area contributed by atoms with E-state index in [1.165, 1.54) is 23.0 Å². The largest absolute Gasteiger partial charge is 0.456 e. The van der Waals surface area contributed by atoms with Gasteiger partial charge in [-0.2, -0.15) is 0 Å². The van der Waals surface area contributed by atoms with Gasteiger partial charge in [0, 0.05) is 28.7 Å². The highest BCUT2D eigenvalue weighted by atomic mass is 35.5. The third-order valence-electron chi connectivity index (χ3n) is 7.14. The van der Waals surface area contributed by atoms with Gasteiger partial charge in [0.05, 0.1) is 16.3 Å². The van der Waals surface area contributed by atoms with Crippen LogP contribution in [0.15, 0.2) is 72.8 Å². The molecule has 8 heteroatoms. The zero-order chi connectivity index (χ0) is 29.1. The Morgan fingerprint density at radius 1 is 0.976 bits per heavy atom. The zero-order valence-corrected chi connectivity index (χ0v) is 25.0.